The molecule has 0 atom stereocenters. The number of hydrogen-bond acceptors (Lipinski definition) is 4. The van der Waals surface area contributed by atoms with Crippen molar-refractivity contribution in [3.05, 3.63) is 29.8 Å². The van der Waals surface area contributed by atoms with E-state index >= 15 is 0 Å². The highest BCUT2D eigenvalue weighted by molar-refractivity contribution is 5.94. The molecule has 6 nitrogen and oxygen atoms in total. The molecule has 1 aromatic rings. The smallest absolute Gasteiger partial charge is 0.248 e. The van der Waals surface area contributed by atoms with Crippen LogP contribution in [0.15, 0.2) is 24.3 Å². The Kier molecular flexibility index (Phi) is 5.71. The maximum absolute atomic E-state index is 11.8. The third-order valence-corrected chi connectivity index (χ3v) is 3.42. The fraction of sp³-hybridized carbons (Fsp3) is 0.467. The molecule has 0 aliphatic carbocycles. The van der Waals surface area contributed by atoms with Crippen LogP contribution in [0.25, 0.3) is 0 Å². The lowest BCUT2D eigenvalue weighted by Crippen LogP contribution is -2.33. The van der Waals surface area contributed by atoms with Gasteiger partial charge in [0.25, 0.3) is 0 Å². The fourth-order valence-electron chi connectivity index (χ4n) is 2.22. The van der Waals surface area contributed by atoms with Crippen molar-refractivity contribution in [2.75, 3.05) is 25.0 Å². The van der Waals surface area contributed by atoms with Crippen LogP contribution in [0.1, 0.15) is 29.6 Å². The summed E-state index contributed by atoms with van der Waals surface area (Å²) in [6.07, 6.45) is 2.57. The lowest BCUT2D eigenvalue weighted by molar-refractivity contribution is -0.117. The van der Waals surface area contributed by atoms with Gasteiger partial charge in [-0.25, -0.2) is 0 Å². The molecule has 1 fully saturated rings. The number of amides is 2. The van der Waals surface area contributed by atoms with Gasteiger partial charge in [-0.1, -0.05) is 0 Å². The average molecular weight is 291 g/mol. The van der Waals surface area contributed by atoms with Crippen LogP contribution in [0.3, 0.4) is 0 Å². The topological polar surface area (TPSA) is 93.5 Å². The molecule has 21 heavy (non-hydrogen) atoms. The predicted octanol–water partition coefficient (Wildman–Crippen LogP) is 0.883. The Morgan fingerprint density at radius 2 is 1.90 bits per heavy atom. The minimum atomic E-state index is -0.483. The van der Waals surface area contributed by atoms with Crippen molar-refractivity contribution in [3.8, 4) is 0 Å². The average Bonchev–Trinajstić information content (AvgIpc) is 2.49. The molecule has 0 unspecified atom stereocenters. The second-order valence-corrected chi connectivity index (χ2v) is 5.06. The number of benzene rings is 1. The minimum absolute atomic E-state index is 0.101. The zero-order valence-electron chi connectivity index (χ0n) is 11.9. The number of piperidine rings is 1. The van der Waals surface area contributed by atoms with Crippen LogP contribution in [-0.2, 0) is 9.53 Å². The van der Waals surface area contributed by atoms with E-state index < -0.39 is 5.91 Å². The van der Waals surface area contributed by atoms with Crippen LogP contribution in [0.4, 0.5) is 5.69 Å². The van der Waals surface area contributed by atoms with Crippen LogP contribution < -0.4 is 16.4 Å². The lowest BCUT2D eigenvalue weighted by Gasteiger charge is -2.22. The van der Waals surface area contributed by atoms with Gasteiger partial charge in [0.1, 0.15) is 0 Å². The molecule has 2 amide bonds. The minimum Gasteiger partial charge on any atom is -0.378 e. The van der Waals surface area contributed by atoms with Gasteiger partial charge in [0.2, 0.25) is 11.8 Å². The van der Waals surface area contributed by atoms with Crippen molar-refractivity contribution in [2.24, 2.45) is 5.73 Å². The van der Waals surface area contributed by atoms with Crippen LogP contribution in [-0.4, -0.2) is 37.6 Å². The Hall–Kier alpha value is -1.92. The summed E-state index contributed by atoms with van der Waals surface area (Å²) in [6.45, 7) is 2.38. The Bertz CT molecular complexity index is 481. The fourth-order valence-corrected chi connectivity index (χ4v) is 2.22. The summed E-state index contributed by atoms with van der Waals surface area (Å²) in [5.41, 5.74) is 6.22. The normalized spacial score (nSPS) is 15.6. The summed E-state index contributed by atoms with van der Waals surface area (Å²) in [6, 6.07) is 6.49. The number of primary amides is 1. The summed E-state index contributed by atoms with van der Waals surface area (Å²) in [5.74, 6) is -0.584. The van der Waals surface area contributed by atoms with Crippen LogP contribution in [0, 0.1) is 0 Å². The van der Waals surface area contributed by atoms with E-state index in [-0.39, 0.29) is 12.0 Å². The van der Waals surface area contributed by atoms with E-state index in [0.717, 1.165) is 25.9 Å². The first kappa shape index (κ1) is 15.5. The zero-order valence-corrected chi connectivity index (χ0v) is 11.9. The Morgan fingerprint density at radius 1 is 1.24 bits per heavy atom. The van der Waals surface area contributed by atoms with E-state index in [9.17, 15) is 9.59 Å². The van der Waals surface area contributed by atoms with Gasteiger partial charge in [0, 0.05) is 11.3 Å². The Labute approximate surface area is 124 Å². The number of carbonyl (C=O) groups excluding carboxylic acids is 2. The maximum atomic E-state index is 11.8. The summed E-state index contributed by atoms with van der Waals surface area (Å²) in [5, 5.41) is 6.03. The van der Waals surface area contributed by atoms with Crippen molar-refractivity contribution in [1.29, 1.82) is 0 Å². The number of nitrogens with two attached hydrogens (primary N) is 1. The molecule has 114 valence electrons. The Morgan fingerprint density at radius 3 is 2.52 bits per heavy atom. The first-order valence-corrected chi connectivity index (χ1v) is 7.17. The largest absolute Gasteiger partial charge is 0.378 e. The molecule has 1 saturated heterocycles. The Balaban J connectivity index is 1.70. The van der Waals surface area contributed by atoms with E-state index in [4.69, 9.17) is 10.5 Å². The molecule has 1 aliphatic rings. The van der Waals surface area contributed by atoms with E-state index in [1.54, 1.807) is 24.3 Å². The molecule has 0 spiro atoms. The van der Waals surface area contributed by atoms with Gasteiger partial charge < -0.3 is 21.1 Å². The molecule has 0 bridgehead atoms. The van der Waals surface area contributed by atoms with Crippen molar-refractivity contribution < 1.29 is 14.3 Å². The van der Waals surface area contributed by atoms with Crippen molar-refractivity contribution in [3.63, 3.8) is 0 Å². The van der Waals surface area contributed by atoms with Gasteiger partial charge in [0.15, 0.2) is 0 Å². The lowest BCUT2D eigenvalue weighted by atomic mass is 10.1. The van der Waals surface area contributed by atoms with E-state index in [1.165, 1.54) is 0 Å². The second-order valence-electron chi connectivity index (χ2n) is 5.06. The van der Waals surface area contributed by atoms with E-state index in [0.29, 0.717) is 24.3 Å². The molecule has 1 aliphatic heterocycles. The molecule has 0 aromatic heterocycles. The van der Waals surface area contributed by atoms with Crippen molar-refractivity contribution in [2.45, 2.75) is 25.4 Å². The van der Waals surface area contributed by atoms with Gasteiger partial charge in [0.05, 0.1) is 19.1 Å². The van der Waals surface area contributed by atoms with Gasteiger partial charge in [-0.2, -0.15) is 0 Å². The molecular formula is C15H21N3O3. The molecule has 1 aromatic carbocycles. The van der Waals surface area contributed by atoms with E-state index in [2.05, 4.69) is 10.6 Å². The SMILES string of the molecule is NC(=O)c1ccc(NC(=O)CCOC2CCNCC2)cc1. The first-order valence-electron chi connectivity index (χ1n) is 7.17. The van der Waals surface area contributed by atoms with Gasteiger partial charge in [-0.05, 0) is 50.2 Å². The number of carbonyl (C=O) groups is 2. The summed E-state index contributed by atoms with van der Waals surface area (Å²) in [7, 11) is 0. The van der Waals surface area contributed by atoms with E-state index in [1.807, 2.05) is 0 Å². The molecule has 0 radical (unpaired) electrons. The van der Waals surface area contributed by atoms with Gasteiger partial charge in [-0.15, -0.1) is 0 Å². The second kappa shape index (κ2) is 7.75. The van der Waals surface area contributed by atoms with Crippen molar-refractivity contribution in [1.82, 2.24) is 5.32 Å². The number of rotatable bonds is 6. The molecule has 4 N–H and O–H groups in total. The highest BCUT2D eigenvalue weighted by Crippen LogP contribution is 2.10. The quantitative estimate of drug-likeness (QED) is 0.725. The third-order valence-electron chi connectivity index (χ3n) is 3.42. The number of ether oxygens (including phenoxy) is 1. The van der Waals surface area contributed by atoms with Gasteiger partial charge >= 0.3 is 0 Å². The number of hydrogen-bond donors (Lipinski definition) is 3. The number of anilines is 1. The zero-order chi connectivity index (χ0) is 15.1. The molecule has 6 heteroatoms. The summed E-state index contributed by atoms with van der Waals surface area (Å²) in [4.78, 5) is 22.7. The highest BCUT2D eigenvalue weighted by Gasteiger charge is 2.13. The number of nitrogens with one attached hydrogen (secondary N) is 2. The summed E-state index contributed by atoms with van der Waals surface area (Å²) < 4.78 is 5.68. The van der Waals surface area contributed by atoms with Gasteiger partial charge in [-0.3, -0.25) is 9.59 Å². The maximum Gasteiger partial charge on any atom is 0.248 e. The molecule has 0 saturated carbocycles. The predicted molar refractivity (Wildman–Crippen MR) is 80.1 cm³/mol. The van der Waals surface area contributed by atoms with Crippen LogP contribution in [0.5, 0.6) is 0 Å². The van der Waals surface area contributed by atoms with Crippen LogP contribution >= 0.6 is 0 Å². The summed E-state index contributed by atoms with van der Waals surface area (Å²) >= 11 is 0. The first-order chi connectivity index (χ1) is 10.1. The van der Waals surface area contributed by atoms with Crippen molar-refractivity contribution >= 4 is 17.5 Å². The standard InChI is InChI=1S/C15H21N3O3/c16-15(20)11-1-3-12(4-2-11)18-14(19)7-10-21-13-5-8-17-9-6-13/h1-4,13,17H,5-10H2,(H2,16,20)(H,18,19). The molecular weight excluding hydrogens is 270 g/mol. The van der Waals surface area contributed by atoms with Crippen LogP contribution in [0.2, 0.25) is 0 Å². The highest BCUT2D eigenvalue weighted by atomic mass is 16.5. The monoisotopic (exact) mass is 291 g/mol. The molecule has 2 rings (SSSR count). The third kappa shape index (κ3) is 5.17. The molecule has 1 heterocycles.